The lowest BCUT2D eigenvalue weighted by Gasteiger charge is -2.14. The van der Waals surface area contributed by atoms with Crippen LogP contribution >= 0.6 is 23.4 Å². The maximum Gasteiger partial charge on any atom is 0.230 e. The van der Waals surface area contributed by atoms with Crippen LogP contribution in [0.5, 0.6) is 5.75 Å². The van der Waals surface area contributed by atoms with Gasteiger partial charge in [-0.25, -0.2) is 0 Å². The molecule has 6 nitrogen and oxygen atoms in total. The minimum atomic E-state index is -0.0290. The van der Waals surface area contributed by atoms with Gasteiger partial charge in [0.1, 0.15) is 12.1 Å². The summed E-state index contributed by atoms with van der Waals surface area (Å²) in [4.78, 5) is 12.4. The van der Waals surface area contributed by atoms with Gasteiger partial charge in [-0.05, 0) is 62.1 Å². The van der Waals surface area contributed by atoms with Crippen molar-refractivity contribution >= 4 is 29.3 Å². The summed E-state index contributed by atoms with van der Waals surface area (Å²) in [6.07, 6.45) is 3.38. The first-order valence-electron chi connectivity index (χ1n) is 9.68. The molecule has 0 aliphatic carbocycles. The normalized spacial score (nSPS) is 11.9. The summed E-state index contributed by atoms with van der Waals surface area (Å²) in [5.41, 5.74) is 3.09. The summed E-state index contributed by atoms with van der Waals surface area (Å²) in [5, 5.41) is 12.5. The third kappa shape index (κ3) is 6.00. The fraction of sp³-hybridized carbons (Fsp3) is 0.318. The fourth-order valence-corrected chi connectivity index (χ4v) is 3.84. The number of aryl methyl sites for hydroxylation is 2. The smallest absolute Gasteiger partial charge is 0.230 e. The number of hydrogen-bond acceptors (Lipinski definition) is 5. The van der Waals surface area contributed by atoms with Crippen LogP contribution in [0.15, 0.2) is 53.9 Å². The first-order valence-corrected chi connectivity index (χ1v) is 11.0. The molecule has 1 N–H and O–H groups in total. The Labute approximate surface area is 186 Å². The van der Waals surface area contributed by atoms with Gasteiger partial charge in [0, 0.05) is 11.1 Å². The molecule has 0 aliphatic heterocycles. The molecule has 3 aromatic rings. The minimum absolute atomic E-state index is 0.0290. The monoisotopic (exact) mass is 444 g/mol. The van der Waals surface area contributed by atoms with E-state index in [9.17, 15) is 4.79 Å². The van der Waals surface area contributed by atoms with Crippen LogP contribution < -0.4 is 10.1 Å². The standard InChI is InChI=1S/C22H25ClN4O2S/c1-15-4-9-18(12-20(15)23)27-14-24-26-22(27)30-13-21(28)25-16(2)5-6-17-7-10-19(29-3)11-8-17/h4,7-12,14,16H,5-6,13H2,1-3H3,(H,25,28). The Bertz CT molecular complexity index is 991. The average Bonchev–Trinajstić information content (AvgIpc) is 3.22. The van der Waals surface area contributed by atoms with Gasteiger partial charge >= 0.3 is 0 Å². The molecule has 2 aromatic carbocycles. The van der Waals surface area contributed by atoms with Crippen molar-refractivity contribution in [3.05, 3.63) is 64.9 Å². The van der Waals surface area contributed by atoms with Crippen molar-refractivity contribution in [2.45, 2.75) is 37.9 Å². The van der Waals surface area contributed by atoms with E-state index in [-0.39, 0.29) is 17.7 Å². The molecule has 1 unspecified atom stereocenters. The van der Waals surface area contributed by atoms with E-state index in [1.54, 1.807) is 13.4 Å². The number of carbonyl (C=O) groups excluding carboxylic acids is 1. The molecule has 1 amide bonds. The summed E-state index contributed by atoms with van der Waals surface area (Å²) in [7, 11) is 1.66. The molecule has 3 rings (SSSR count). The number of hydrogen-bond donors (Lipinski definition) is 1. The van der Waals surface area contributed by atoms with Crippen LogP contribution in [0, 0.1) is 6.92 Å². The van der Waals surface area contributed by atoms with E-state index in [1.165, 1.54) is 17.3 Å². The van der Waals surface area contributed by atoms with E-state index in [0.717, 1.165) is 29.8 Å². The lowest BCUT2D eigenvalue weighted by Crippen LogP contribution is -2.34. The molecule has 0 aliphatic rings. The molecule has 1 atom stereocenters. The minimum Gasteiger partial charge on any atom is -0.497 e. The number of benzene rings is 2. The molecule has 0 bridgehead atoms. The van der Waals surface area contributed by atoms with Gasteiger partial charge < -0.3 is 10.1 Å². The Balaban J connectivity index is 1.48. The van der Waals surface area contributed by atoms with Crippen molar-refractivity contribution in [1.82, 2.24) is 20.1 Å². The highest BCUT2D eigenvalue weighted by Crippen LogP contribution is 2.23. The van der Waals surface area contributed by atoms with E-state index >= 15 is 0 Å². The predicted molar refractivity (Wildman–Crippen MR) is 121 cm³/mol. The zero-order valence-corrected chi connectivity index (χ0v) is 18.8. The fourth-order valence-electron chi connectivity index (χ4n) is 2.93. The van der Waals surface area contributed by atoms with Gasteiger partial charge in [-0.2, -0.15) is 0 Å². The maximum atomic E-state index is 12.4. The molecular formula is C22H25ClN4O2S. The molecule has 0 radical (unpaired) electrons. The summed E-state index contributed by atoms with van der Waals surface area (Å²) in [5.74, 6) is 1.09. The molecule has 0 saturated heterocycles. The predicted octanol–water partition coefficient (Wildman–Crippen LogP) is 4.47. The highest BCUT2D eigenvalue weighted by molar-refractivity contribution is 7.99. The molecule has 30 heavy (non-hydrogen) atoms. The van der Waals surface area contributed by atoms with E-state index in [2.05, 4.69) is 15.5 Å². The number of carbonyl (C=O) groups is 1. The largest absolute Gasteiger partial charge is 0.497 e. The lowest BCUT2D eigenvalue weighted by molar-refractivity contribution is -0.119. The second-order valence-corrected chi connectivity index (χ2v) is 8.41. The molecular weight excluding hydrogens is 420 g/mol. The van der Waals surface area contributed by atoms with Crippen LogP contribution in [0.3, 0.4) is 0 Å². The topological polar surface area (TPSA) is 69.0 Å². The quantitative estimate of drug-likeness (QED) is 0.493. The lowest BCUT2D eigenvalue weighted by atomic mass is 10.1. The number of nitrogens with one attached hydrogen (secondary N) is 1. The zero-order chi connectivity index (χ0) is 21.5. The first-order chi connectivity index (χ1) is 14.5. The van der Waals surface area contributed by atoms with Gasteiger partial charge in [-0.3, -0.25) is 9.36 Å². The Hall–Kier alpha value is -2.51. The van der Waals surface area contributed by atoms with Crippen molar-refractivity contribution in [3.63, 3.8) is 0 Å². The van der Waals surface area contributed by atoms with Gasteiger partial charge in [0.2, 0.25) is 5.91 Å². The van der Waals surface area contributed by atoms with Crippen LogP contribution in [0.1, 0.15) is 24.5 Å². The van der Waals surface area contributed by atoms with Crippen molar-refractivity contribution in [3.8, 4) is 11.4 Å². The summed E-state index contributed by atoms with van der Waals surface area (Å²) < 4.78 is 7.01. The van der Waals surface area contributed by atoms with Crippen molar-refractivity contribution < 1.29 is 9.53 Å². The number of ether oxygens (including phenoxy) is 1. The number of methoxy groups -OCH3 is 1. The maximum absolute atomic E-state index is 12.4. The number of rotatable bonds is 9. The Kier molecular flexibility index (Phi) is 7.76. The third-order valence-corrected chi connectivity index (χ3v) is 6.07. The van der Waals surface area contributed by atoms with Crippen LogP contribution in [-0.2, 0) is 11.2 Å². The SMILES string of the molecule is COc1ccc(CCC(C)NC(=O)CSc2nncn2-c2ccc(C)c(Cl)c2)cc1. The average molecular weight is 445 g/mol. The molecule has 0 spiro atoms. The second-order valence-electron chi connectivity index (χ2n) is 7.06. The molecule has 158 valence electrons. The number of halogens is 1. The summed E-state index contributed by atoms with van der Waals surface area (Å²) in [6.45, 7) is 3.97. The number of thioether (sulfide) groups is 1. The van der Waals surface area contributed by atoms with Crippen LogP contribution in [0.2, 0.25) is 5.02 Å². The van der Waals surface area contributed by atoms with E-state index in [1.807, 2.05) is 60.9 Å². The molecule has 0 fully saturated rings. The van der Waals surface area contributed by atoms with Crippen LogP contribution in [-0.4, -0.2) is 39.6 Å². The van der Waals surface area contributed by atoms with Gasteiger partial charge in [0.05, 0.1) is 18.6 Å². The van der Waals surface area contributed by atoms with Crippen LogP contribution in [0.25, 0.3) is 5.69 Å². The Morgan fingerprint density at radius 2 is 2.03 bits per heavy atom. The van der Waals surface area contributed by atoms with Gasteiger partial charge in [-0.1, -0.05) is 41.6 Å². The van der Waals surface area contributed by atoms with Gasteiger partial charge in [0.15, 0.2) is 5.16 Å². The number of aromatic nitrogens is 3. The Morgan fingerprint density at radius 1 is 1.27 bits per heavy atom. The van der Waals surface area contributed by atoms with E-state index in [4.69, 9.17) is 16.3 Å². The molecule has 1 heterocycles. The molecule has 8 heteroatoms. The molecule has 1 aromatic heterocycles. The third-order valence-electron chi connectivity index (χ3n) is 4.71. The van der Waals surface area contributed by atoms with Gasteiger partial charge in [0.25, 0.3) is 0 Å². The van der Waals surface area contributed by atoms with E-state index < -0.39 is 0 Å². The molecule has 0 saturated carbocycles. The summed E-state index contributed by atoms with van der Waals surface area (Å²) in [6, 6.07) is 13.8. The van der Waals surface area contributed by atoms with Crippen molar-refractivity contribution in [1.29, 1.82) is 0 Å². The second kappa shape index (κ2) is 10.5. The van der Waals surface area contributed by atoms with Gasteiger partial charge in [-0.15, -0.1) is 10.2 Å². The summed E-state index contributed by atoms with van der Waals surface area (Å²) >= 11 is 7.57. The van der Waals surface area contributed by atoms with E-state index in [0.29, 0.717) is 10.2 Å². The van der Waals surface area contributed by atoms with Crippen molar-refractivity contribution in [2.75, 3.05) is 12.9 Å². The van der Waals surface area contributed by atoms with Crippen molar-refractivity contribution in [2.24, 2.45) is 0 Å². The number of nitrogens with zero attached hydrogens (tertiary/aromatic N) is 3. The number of amides is 1. The highest BCUT2D eigenvalue weighted by Gasteiger charge is 2.13. The van der Waals surface area contributed by atoms with Crippen LogP contribution in [0.4, 0.5) is 0 Å². The first kappa shape index (κ1) is 22.2. The Morgan fingerprint density at radius 3 is 2.73 bits per heavy atom. The highest BCUT2D eigenvalue weighted by atomic mass is 35.5. The zero-order valence-electron chi connectivity index (χ0n) is 17.3.